The molecule has 0 radical (unpaired) electrons. The van der Waals surface area contributed by atoms with Crippen LogP contribution in [0.4, 0.5) is 5.69 Å². The van der Waals surface area contributed by atoms with Crippen molar-refractivity contribution in [2.45, 2.75) is 6.92 Å². The second kappa shape index (κ2) is 4.37. The number of halogens is 1. The molecule has 0 unspecified atom stereocenters. The lowest BCUT2D eigenvalue weighted by Gasteiger charge is -2.15. The zero-order valence-corrected chi connectivity index (χ0v) is 10.8. The molecular formula is C12H14ClN3O. The zero-order valence-electron chi connectivity index (χ0n) is 10.1. The van der Waals surface area contributed by atoms with Gasteiger partial charge in [-0.05, 0) is 25.1 Å². The number of rotatable bonds is 2. The number of fused-ring (bicyclic) bond motifs is 1. The van der Waals surface area contributed by atoms with Crippen LogP contribution in [-0.4, -0.2) is 28.4 Å². The Morgan fingerprint density at radius 2 is 2.24 bits per heavy atom. The molecule has 4 nitrogen and oxygen atoms in total. The number of hydrogen-bond donors (Lipinski definition) is 0. The summed E-state index contributed by atoms with van der Waals surface area (Å²) in [5, 5.41) is 0. The Labute approximate surface area is 105 Å². The number of hydrogen-bond acceptors (Lipinski definition) is 2. The van der Waals surface area contributed by atoms with Crippen molar-refractivity contribution in [1.29, 1.82) is 0 Å². The average Bonchev–Trinajstić information content (AvgIpc) is 2.62. The lowest BCUT2D eigenvalue weighted by Crippen LogP contribution is -2.27. The summed E-state index contributed by atoms with van der Waals surface area (Å²) >= 11 is 5.53. The highest BCUT2D eigenvalue weighted by Gasteiger charge is 2.11. The topological polar surface area (TPSA) is 38.1 Å². The van der Waals surface area contributed by atoms with Crippen LogP contribution in [0.15, 0.2) is 18.2 Å². The van der Waals surface area contributed by atoms with Gasteiger partial charge in [0.25, 0.3) is 0 Å². The van der Waals surface area contributed by atoms with Crippen LogP contribution in [0.1, 0.15) is 5.82 Å². The van der Waals surface area contributed by atoms with Gasteiger partial charge < -0.3 is 9.47 Å². The summed E-state index contributed by atoms with van der Waals surface area (Å²) in [6.07, 6.45) is 0. The minimum atomic E-state index is -0.126. The van der Waals surface area contributed by atoms with E-state index < -0.39 is 0 Å². The van der Waals surface area contributed by atoms with Crippen LogP contribution < -0.4 is 4.90 Å². The van der Waals surface area contributed by atoms with E-state index in [9.17, 15) is 4.79 Å². The molecule has 1 aromatic heterocycles. The highest BCUT2D eigenvalue weighted by atomic mass is 35.5. The lowest BCUT2D eigenvalue weighted by molar-refractivity contribution is -0.116. The number of imidazole rings is 1. The van der Waals surface area contributed by atoms with Gasteiger partial charge in [-0.1, -0.05) is 0 Å². The molecule has 5 heteroatoms. The molecule has 0 atom stereocenters. The average molecular weight is 252 g/mol. The second-order valence-corrected chi connectivity index (χ2v) is 4.24. The van der Waals surface area contributed by atoms with Gasteiger partial charge in [0.1, 0.15) is 11.7 Å². The van der Waals surface area contributed by atoms with E-state index >= 15 is 0 Å². The van der Waals surface area contributed by atoms with Gasteiger partial charge >= 0.3 is 0 Å². The van der Waals surface area contributed by atoms with Crippen molar-refractivity contribution < 1.29 is 4.79 Å². The molecule has 0 N–H and O–H groups in total. The fourth-order valence-electron chi connectivity index (χ4n) is 1.75. The third kappa shape index (κ3) is 2.00. The molecule has 0 aliphatic rings. The maximum Gasteiger partial charge on any atom is 0.241 e. The number of anilines is 1. The largest absolute Gasteiger partial charge is 0.331 e. The Morgan fingerprint density at radius 3 is 2.88 bits per heavy atom. The normalized spacial score (nSPS) is 10.8. The van der Waals surface area contributed by atoms with Gasteiger partial charge in [0.05, 0.1) is 11.0 Å². The van der Waals surface area contributed by atoms with Crippen molar-refractivity contribution in [3.63, 3.8) is 0 Å². The first kappa shape index (κ1) is 11.9. The number of aromatic nitrogens is 2. The Hall–Kier alpha value is -1.55. The minimum Gasteiger partial charge on any atom is -0.331 e. The molecule has 1 heterocycles. The fourth-order valence-corrected chi connectivity index (χ4v) is 1.93. The predicted octanol–water partition coefficient (Wildman–Crippen LogP) is 2.08. The highest BCUT2D eigenvalue weighted by molar-refractivity contribution is 6.29. The molecule has 0 saturated carbocycles. The van der Waals surface area contributed by atoms with E-state index in [0.29, 0.717) is 0 Å². The number of aryl methyl sites for hydroxylation is 2. The smallest absolute Gasteiger partial charge is 0.241 e. The van der Waals surface area contributed by atoms with Gasteiger partial charge in [-0.15, -0.1) is 11.6 Å². The number of carbonyl (C=O) groups excluding carboxylic acids is 1. The van der Waals surface area contributed by atoms with E-state index in [1.165, 1.54) is 4.90 Å². The first-order valence-corrected chi connectivity index (χ1v) is 5.83. The number of amides is 1. The van der Waals surface area contributed by atoms with E-state index in [1.54, 1.807) is 7.05 Å². The minimum absolute atomic E-state index is 0.0181. The predicted molar refractivity (Wildman–Crippen MR) is 69.6 cm³/mol. The monoisotopic (exact) mass is 251 g/mol. The van der Waals surface area contributed by atoms with Crippen LogP contribution in [0, 0.1) is 6.92 Å². The Morgan fingerprint density at radius 1 is 1.53 bits per heavy atom. The summed E-state index contributed by atoms with van der Waals surface area (Å²) < 4.78 is 2.02. The van der Waals surface area contributed by atoms with E-state index in [1.807, 2.05) is 36.7 Å². The molecule has 17 heavy (non-hydrogen) atoms. The maximum absolute atomic E-state index is 11.5. The van der Waals surface area contributed by atoms with Crippen LogP contribution in [0.5, 0.6) is 0 Å². The Kier molecular flexibility index (Phi) is 3.07. The summed E-state index contributed by atoms with van der Waals surface area (Å²) in [6.45, 7) is 1.95. The lowest BCUT2D eigenvalue weighted by atomic mass is 10.2. The highest BCUT2D eigenvalue weighted by Crippen LogP contribution is 2.21. The third-order valence-electron chi connectivity index (χ3n) is 2.96. The second-order valence-electron chi connectivity index (χ2n) is 3.98. The van der Waals surface area contributed by atoms with Crippen LogP contribution in [0.25, 0.3) is 11.0 Å². The maximum atomic E-state index is 11.5. The van der Waals surface area contributed by atoms with Crippen LogP contribution in [0.3, 0.4) is 0 Å². The van der Waals surface area contributed by atoms with Crippen molar-refractivity contribution >= 4 is 34.2 Å². The molecule has 2 aromatic rings. The van der Waals surface area contributed by atoms with E-state index in [4.69, 9.17) is 11.6 Å². The van der Waals surface area contributed by atoms with Crippen molar-refractivity contribution in [3.05, 3.63) is 24.0 Å². The first-order chi connectivity index (χ1) is 8.04. The van der Waals surface area contributed by atoms with Crippen LogP contribution in [-0.2, 0) is 11.8 Å². The van der Waals surface area contributed by atoms with E-state index in [2.05, 4.69) is 4.98 Å². The van der Waals surface area contributed by atoms with Crippen molar-refractivity contribution in [3.8, 4) is 0 Å². The van der Waals surface area contributed by atoms with E-state index in [-0.39, 0.29) is 11.8 Å². The van der Waals surface area contributed by atoms with Gasteiger partial charge in [0.15, 0.2) is 0 Å². The summed E-state index contributed by atoms with van der Waals surface area (Å²) in [6, 6.07) is 5.75. The molecular weight excluding hydrogens is 238 g/mol. The zero-order chi connectivity index (χ0) is 12.6. The van der Waals surface area contributed by atoms with Gasteiger partial charge in [-0.3, -0.25) is 4.79 Å². The number of benzene rings is 1. The third-order valence-corrected chi connectivity index (χ3v) is 3.19. The first-order valence-electron chi connectivity index (χ1n) is 5.30. The molecule has 0 spiro atoms. The SMILES string of the molecule is Cc1nc2cc(N(C)C(=O)CCl)ccc2n1C. The molecule has 0 saturated heterocycles. The molecule has 0 bridgehead atoms. The Bertz CT molecular complexity index is 576. The van der Waals surface area contributed by atoms with Crippen molar-refractivity contribution in [2.24, 2.45) is 7.05 Å². The molecule has 0 aliphatic carbocycles. The molecule has 1 amide bonds. The molecule has 90 valence electrons. The summed E-state index contributed by atoms with van der Waals surface area (Å²) in [4.78, 5) is 17.5. The van der Waals surface area contributed by atoms with Gasteiger partial charge in [0.2, 0.25) is 5.91 Å². The van der Waals surface area contributed by atoms with Gasteiger partial charge in [0, 0.05) is 19.8 Å². The fraction of sp³-hybridized carbons (Fsp3) is 0.333. The van der Waals surface area contributed by atoms with Gasteiger partial charge in [-0.2, -0.15) is 0 Å². The van der Waals surface area contributed by atoms with Crippen molar-refractivity contribution in [2.75, 3.05) is 17.8 Å². The summed E-state index contributed by atoms with van der Waals surface area (Å²) in [5.74, 6) is 0.803. The quantitative estimate of drug-likeness (QED) is 0.767. The van der Waals surface area contributed by atoms with Gasteiger partial charge in [-0.25, -0.2) is 4.98 Å². The van der Waals surface area contributed by atoms with E-state index in [0.717, 1.165) is 22.5 Å². The molecule has 2 rings (SSSR count). The number of alkyl halides is 1. The summed E-state index contributed by atoms with van der Waals surface area (Å²) in [5.41, 5.74) is 2.75. The molecule has 0 aliphatic heterocycles. The summed E-state index contributed by atoms with van der Waals surface area (Å²) in [7, 11) is 3.68. The Balaban J connectivity index is 2.48. The standard InChI is InChI=1S/C12H14ClN3O/c1-8-14-10-6-9(16(3)12(17)7-13)4-5-11(10)15(8)2/h4-6H,7H2,1-3H3. The number of nitrogens with zero attached hydrogens (tertiary/aromatic N) is 3. The van der Waals surface area contributed by atoms with Crippen molar-refractivity contribution in [1.82, 2.24) is 9.55 Å². The molecule has 1 aromatic carbocycles. The van der Waals surface area contributed by atoms with Crippen LogP contribution >= 0.6 is 11.6 Å². The molecule has 0 fully saturated rings. The number of carbonyl (C=O) groups is 1. The van der Waals surface area contributed by atoms with Crippen LogP contribution in [0.2, 0.25) is 0 Å².